The fourth-order valence-corrected chi connectivity index (χ4v) is 6.51. The summed E-state index contributed by atoms with van der Waals surface area (Å²) in [5.74, 6) is -0.936. The molecule has 5 nitrogen and oxygen atoms in total. The van der Waals surface area contributed by atoms with Crippen LogP contribution in [0.4, 0.5) is 0 Å². The Bertz CT molecular complexity index is 885. The molecule has 0 heterocycles. The van der Waals surface area contributed by atoms with Crippen LogP contribution in [0.3, 0.4) is 0 Å². The number of carbonyl (C=O) groups is 3. The quantitative estimate of drug-likeness (QED) is 0.846. The molecule has 0 aliphatic heterocycles. The Labute approximate surface area is 164 Å². The van der Waals surface area contributed by atoms with Crippen LogP contribution in [0.15, 0.2) is 18.2 Å². The van der Waals surface area contributed by atoms with Crippen molar-refractivity contribution < 1.29 is 24.2 Å². The first-order chi connectivity index (χ1) is 13.3. The average molecular weight is 382 g/mol. The molecule has 1 N–H and O–H groups in total. The summed E-state index contributed by atoms with van der Waals surface area (Å²) in [5, 5.41) is 10.2. The van der Waals surface area contributed by atoms with E-state index in [2.05, 4.69) is 13.8 Å². The van der Waals surface area contributed by atoms with Gasteiger partial charge in [-0.05, 0) is 42.6 Å². The van der Waals surface area contributed by atoms with Crippen molar-refractivity contribution in [3.63, 3.8) is 0 Å². The van der Waals surface area contributed by atoms with E-state index in [1.807, 2.05) is 0 Å². The van der Waals surface area contributed by atoms with Crippen LogP contribution >= 0.6 is 0 Å². The molecule has 28 heavy (non-hydrogen) atoms. The van der Waals surface area contributed by atoms with Crippen LogP contribution in [0, 0.1) is 29.1 Å². The molecule has 2 bridgehead atoms. The SMILES string of the molecule is CC1(C)[C@H]2CC[C@@H]1[C@@H](O[C@@H]1CC(=O)C[C@H]3C(=O)c4cccc(O)c4C(=O)[C@H]13)C2. The van der Waals surface area contributed by atoms with Crippen LogP contribution in [-0.4, -0.2) is 34.7 Å². The van der Waals surface area contributed by atoms with E-state index >= 15 is 0 Å². The zero-order chi connectivity index (χ0) is 19.8. The second kappa shape index (κ2) is 5.99. The molecular weight excluding hydrogens is 356 g/mol. The molecule has 1 aromatic carbocycles. The third kappa shape index (κ3) is 2.38. The van der Waals surface area contributed by atoms with Crippen molar-refractivity contribution in [3.8, 4) is 5.75 Å². The maximum absolute atomic E-state index is 13.3. The van der Waals surface area contributed by atoms with Gasteiger partial charge in [0.05, 0.1) is 23.7 Å². The molecule has 4 aliphatic carbocycles. The Morgan fingerprint density at radius 1 is 1.04 bits per heavy atom. The van der Waals surface area contributed by atoms with Gasteiger partial charge >= 0.3 is 0 Å². The number of phenolic OH excluding ortho intramolecular Hbond substituents is 1. The third-order valence-electron chi connectivity index (χ3n) is 8.05. The van der Waals surface area contributed by atoms with E-state index in [1.54, 1.807) is 12.1 Å². The highest BCUT2D eigenvalue weighted by molar-refractivity contribution is 6.18. The minimum absolute atomic E-state index is 0.0154. The molecule has 5 heteroatoms. The largest absolute Gasteiger partial charge is 0.507 e. The van der Waals surface area contributed by atoms with E-state index in [-0.39, 0.29) is 58.6 Å². The van der Waals surface area contributed by atoms with E-state index in [1.165, 1.54) is 12.5 Å². The van der Waals surface area contributed by atoms with Gasteiger partial charge < -0.3 is 9.84 Å². The molecule has 3 fully saturated rings. The van der Waals surface area contributed by atoms with Gasteiger partial charge in [0.25, 0.3) is 0 Å². The lowest BCUT2D eigenvalue weighted by Gasteiger charge is -2.41. The summed E-state index contributed by atoms with van der Waals surface area (Å²) in [6.07, 6.45) is 3.03. The maximum Gasteiger partial charge on any atom is 0.173 e. The van der Waals surface area contributed by atoms with Crippen molar-refractivity contribution in [2.24, 2.45) is 29.1 Å². The summed E-state index contributed by atoms with van der Waals surface area (Å²) in [4.78, 5) is 38.8. The van der Waals surface area contributed by atoms with Crippen LogP contribution in [0.25, 0.3) is 0 Å². The Morgan fingerprint density at radius 2 is 1.82 bits per heavy atom. The van der Waals surface area contributed by atoms with Gasteiger partial charge in [-0.2, -0.15) is 0 Å². The molecular formula is C23H26O5. The first kappa shape index (κ1) is 18.0. The van der Waals surface area contributed by atoms with Crippen molar-refractivity contribution >= 4 is 17.3 Å². The lowest BCUT2D eigenvalue weighted by atomic mass is 9.65. The highest BCUT2D eigenvalue weighted by atomic mass is 16.5. The number of carbonyl (C=O) groups excluding carboxylic acids is 3. The molecule has 0 unspecified atom stereocenters. The van der Waals surface area contributed by atoms with Crippen LogP contribution in [0.1, 0.15) is 66.7 Å². The lowest BCUT2D eigenvalue weighted by Crippen LogP contribution is -2.50. The number of ether oxygens (including phenoxy) is 1. The molecule has 0 spiro atoms. The zero-order valence-corrected chi connectivity index (χ0v) is 16.3. The van der Waals surface area contributed by atoms with Gasteiger partial charge in [-0.1, -0.05) is 26.0 Å². The third-order valence-corrected chi connectivity index (χ3v) is 8.05. The molecule has 6 atom stereocenters. The summed E-state index contributed by atoms with van der Waals surface area (Å²) in [6, 6.07) is 4.57. The van der Waals surface area contributed by atoms with Gasteiger partial charge in [-0.15, -0.1) is 0 Å². The Kier molecular flexibility index (Phi) is 3.86. The number of phenols is 1. The van der Waals surface area contributed by atoms with Crippen molar-refractivity contribution in [3.05, 3.63) is 29.3 Å². The number of hydrogen-bond donors (Lipinski definition) is 1. The molecule has 1 aromatic rings. The number of hydrogen-bond acceptors (Lipinski definition) is 5. The topological polar surface area (TPSA) is 80.7 Å². The smallest absolute Gasteiger partial charge is 0.173 e. The number of fused-ring (bicyclic) bond motifs is 4. The number of Topliss-reactive ketones (excluding diaryl/α,β-unsaturated/α-hetero) is 3. The number of benzene rings is 1. The molecule has 5 rings (SSSR count). The van der Waals surface area contributed by atoms with E-state index < -0.39 is 17.9 Å². The van der Waals surface area contributed by atoms with Gasteiger partial charge in [0.1, 0.15) is 11.5 Å². The normalized spacial score (nSPS) is 38.4. The second-order valence-corrected chi connectivity index (χ2v) is 9.66. The van der Waals surface area contributed by atoms with Gasteiger partial charge in [-0.25, -0.2) is 0 Å². The average Bonchev–Trinajstić information content (AvgIpc) is 3.05. The van der Waals surface area contributed by atoms with Crippen LogP contribution in [-0.2, 0) is 9.53 Å². The van der Waals surface area contributed by atoms with Crippen LogP contribution in [0.2, 0.25) is 0 Å². The molecule has 148 valence electrons. The minimum atomic E-state index is -0.673. The highest BCUT2D eigenvalue weighted by Gasteiger charge is 2.56. The molecule has 4 aliphatic rings. The van der Waals surface area contributed by atoms with Crippen LogP contribution in [0.5, 0.6) is 5.75 Å². The predicted octanol–water partition coefficient (Wildman–Crippen LogP) is 3.58. The van der Waals surface area contributed by atoms with E-state index in [0.717, 1.165) is 12.8 Å². The Hall–Kier alpha value is -2.01. The summed E-state index contributed by atoms with van der Waals surface area (Å²) in [7, 11) is 0. The zero-order valence-electron chi connectivity index (χ0n) is 16.3. The number of rotatable bonds is 2. The predicted molar refractivity (Wildman–Crippen MR) is 101 cm³/mol. The van der Waals surface area contributed by atoms with E-state index in [9.17, 15) is 19.5 Å². The molecule has 0 amide bonds. The van der Waals surface area contributed by atoms with E-state index in [0.29, 0.717) is 11.8 Å². The van der Waals surface area contributed by atoms with Gasteiger partial charge in [-0.3, -0.25) is 14.4 Å². The minimum Gasteiger partial charge on any atom is -0.507 e. The molecule has 3 saturated carbocycles. The number of ketones is 3. The van der Waals surface area contributed by atoms with Crippen molar-refractivity contribution in [2.45, 2.75) is 58.2 Å². The van der Waals surface area contributed by atoms with Gasteiger partial charge in [0, 0.05) is 24.3 Å². The Morgan fingerprint density at radius 3 is 2.50 bits per heavy atom. The summed E-state index contributed by atoms with van der Waals surface area (Å²) >= 11 is 0. The van der Waals surface area contributed by atoms with Crippen molar-refractivity contribution in [2.75, 3.05) is 0 Å². The fourth-order valence-electron chi connectivity index (χ4n) is 6.51. The van der Waals surface area contributed by atoms with Gasteiger partial charge in [0.15, 0.2) is 11.6 Å². The second-order valence-electron chi connectivity index (χ2n) is 9.66. The molecule has 0 aromatic heterocycles. The van der Waals surface area contributed by atoms with Crippen molar-refractivity contribution in [1.82, 2.24) is 0 Å². The first-order valence-electron chi connectivity index (χ1n) is 10.4. The summed E-state index contributed by atoms with van der Waals surface area (Å²) in [6.45, 7) is 4.58. The standard InChI is InChI=1S/C23H26O5/c1-23(2)11-6-7-15(23)17(8-11)28-18-10-12(24)9-14-20(18)22(27)19-13(21(14)26)4-3-5-16(19)25/h3-5,11,14-15,17-18,20,25H,6-10H2,1-2H3/t11-,14+,15+,17-,18+,20-/m0/s1. The monoisotopic (exact) mass is 382 g/mol. The fraction of sp³-hybridized carbons (Fsp3) is 0.609. The molecule has 0 radical (unpaired) electrons. The Balaban J connectivity index is 1.49. The molecule has 0 saturated heterocycles. The highest BCUT2D eigenvalue weighted by Crippen LogP contribution is 2.59. The number of aromatic hydroxyl groups is 1. The first-order valence-corrected chi connectivity index (χ1v) is 10.4. The van der Waals surface area contributed by atoms with Gasteiger partial charge in [0.2, 0.25) is 0 Å². The lowest BCUT2D eigenvalue weighted by molar-refractivity contribution is -0.134. The maximum atomic E-state index is 13.3. The summed E-state index contributed by atoms with van der Waals surface area (Å²) in [5.41, 5.74) is 0.561. The van der Waals surface area contributed by atoms with E-state index in [4.69, 9.17) is 4.74 Å². The van der Waals surface area contributed by atoms with Crippen molar-refractivity contribution in [1.29, 1.82) is 0 Å². The summed E-state index contributed by atoms with van der Waals surface area (Å²) < 4.78 is 6.46. The van der Waals surface area contributed by atoms with Crippen LogP contribution < -0.4 is 0 Å².